The molecule has 1 rings (SSSR count). The average molecular weight is 210 g/mol. The van der Waals surface area contributed by atoms with Crippen LogP contribution >= 0.6 is 11.6 Å². The molecule has 0 spiro atoms. The minimum Gasteiger partial charge on any atom is -0.495 e. The first-order chi connectivity index (χ1) is 6.74. The molecule has 1 aromatic rings. The van der Waals surface area contributed by atoms with E-state index in [1.54, 1.807) is 12.1 Å². The fourth-order valence-corrected chi connectivity index (χ4v) is 1.46. The Morgan fingerprint density at radius 3 is 2.86 bits per heavy atom. The molecule has 0 bridgehead atoms. The van der Waals surface area contributed by atoms with Gasteiger partial charge < -0.3 is 9.53 Å². The van der Waals surface area contributed by atoms with Gasteiger partial charge in [-0.25, -0.2) is 0 Å². The summed E-state index contributed by atoms with van der Waals surface area (Å²) >= 11 is 5.94. The molecule has 0 heterocycles. The molecule has 1 aromatic carbocycles. The van der Waals surface area contributed by atoms with Crippen molar-refractivity contribution in [1.82, 2.24) is 0 Å². The van der Waals surface area contributed by atoms with E-state index in [1.807, 2.05) is 6.07 Å². The van der Waals surface area contributed by atoms with Gasteiger partial charge in [0, 0.05) is 6.42 Å². The summed E-state index contributed by atoms with van der Waals surface area (Å²) < 4.78 is 4.97. The lowest BCUT2D eigenvalue weighted by Gasteiger charge is -2.07. The molecule has 14 heavy (non-hydrogen) atoms. The van der Waals surface area contributed by atoms with Gasteiger partial charge in [0.1, 0.15) is 12.0 Å². The summed E-state index contributed by atoms with van der Waals surface area (Å²) in [4.78, 5) is 10.4. The van der Waals surface area contributed by atoms with Gasteiger partial charge >= 0.3 is 0 Å². The summed E-state index contributed by atoms with van der Waals surface area (Å²) in [5.74, 6) is 0.475. The topological polar surface area (TPSA) is 50.1 Å². The molecular formula is C10H8ClNO2. The molecule has 0 aliphatic rings. The monoisotopic (exact) mass is 209 g/mol. The van der Waals surface area contributed by atoms with E-state index in [-0.39, 0.29) is 6.42 Å². The number of rotatable bonds is 3. The third-order valence-electron chi connectivity index (χ3n) is 1.84. The Morgan fingerprint density at radius 1 is 1.64 bits per heavy atom. The van der Waals surface area contributed by atoms with Crippen molar-refractivity contribution in [3.63, 3.8) is 0 Å². The van der Waals surface area contributed by atoms with Crippen molar-refractivity contribution in [2.75, 3.05) is 7.11 Å². The minimum absolute atomic E-state index is 0.124. The van der Waals surface area contributed by atoms with Crippen LogP contribution in [-0.2, 0) is 11.2 Å². The highest BCUT2D eigenvalue weighted by Gasteiger charge is 2.11. The Labute approximate surface area is 86.9 Å². The molecule has 0 aliphatic heterocycles. The van der Waals surface area contributed by atoms with Crippen molar-refractivity contribution in [3.8, 4) is 11.8 Å². The van der Waals surface area contributed by atoms with E-state index < -0.39 is 0 Å². The summed E-state index contributed by atoms with van der Waals surface area (Å²) in [6.07, 6.45) is 0.834. The number of hydrogen-bond donors (Lipinski definition) is 0. The molecule has 4 heteroatoms. The summed E-state index contributed by atoms with van der Waals surface area (Å²) in [7, 11) is 1.48. The summed E-state index contributed by atoms with van der Waals surface area (Å²) in [6, 6.07) is 5.17. The number of benzene rings is 1. The maximum absolute atomic E-state index is 10.4. The molecule has 0 aliphatic carbocycles. The Balaban J connectivity index is 3.32. The molecule has 0 radical (unpaired) electrons. The van der Waals surface area contributed by atoms with Crippen LogP contribution in [0.4, 0.5) is 0 Å². The standard InChI is InChI=1S/C10H8ClNO2/c1-14-9-3-2-7(6-12)8(4-5-13)10(9)11/h2-3,5H,4H2,1H3. The van der Waals surface area contributed by atoms with Crippen molar-refractivity contribution >= 4 is 17.9 Å². The molecule has 0 atom stereocenters. The van der Waals surface area contributed by atoms with Gasteiger partial charge in [-0.1, -0.05) is 11.6 Å². The first-order valence-corrected chi connectivity index (χ1v) is 4.31. The third-order valence-corrected chi connectivity index (χ3v) is 2.25. The molecule has 0 saturated heterocycles. The van der Waals surface area contributed by atoms with Crippen molar-refractivity contribution in [3.05, 3.63) is 28.3 Å². The molecule has 0 unspecified atom stereocenters. The maximum Gasteiger partial charge on any atom is 0.137 e. The van der Waals surface area contributed by atoms with Gasteiger partial charge in [-0.05, 0) is 17.7 Å². The number of aldehydes is 1. The van der Waals surface area contributed by atoms with Gasteiger partial charge in [0.2, 0.25) is 0 Å². The van der Waals surface area contributed by atoms with Crippen LogP contribution in [0.2, 0.25) is 5.02 Å². The number of ether oxygens (including phenoxy) is 1. The van der Waals surface area contributed by atoms with E-state index in [1.165, 1.54) is 7.11 Å². The van der Waals surface area contributed by atoms with E-state index in [0.29, 0.717) is 28.2 Å². The third kappa shape index (κ3) is 1.86. The summed E-state index contributed by atoms with van der Waals surface area (Å²) in [6.45, 7) is 0. The first-order valence-electron chi connectivity index (χ1n) is 3.93. The molecule has 0 fully saturated rings. The lowest BCUT2D eigenvalue weighted by atomic mass is 10.1. The van der Waals surface area contributed by atoms with E-state index in [9.17, 15) is 4.79 Å². The zero-order valence-corrected chi connectivity index (χ0v) is 8.34. The van der Waals surface area contributed by atoms with Crippen LogP contribution in [0.1, 0.15) is 11.1 Å². The highest BCUT2D eigenvalue weighted by Crippen LogP contribution is 2.30. The molecule has 72 valence electrons. The van der Waals surface area contributed by atoms with Crippen LogP contribution in [0.25, 0.3) is 0 Å². The van der Waals surface area contributed by atoms with Crippen LogP contribution in [0.5, 0.6) is 5.75 Å². The van der Waals surface area contributed by atoms with Crippen LogP contribution < -0.4 is 4.74 Å². The fraction of sp³-hybridized carbons (Fsp3) is 0.200. The Kier molecular flexibility index (Phi) is 3.49. The Bertz CT molecular complexity index is 396. The molecule has 0 N–H and O–H groups in total. The molecular weight excluding hydrogens is 202 g/mol. The van der Waals surface area contributed by atoms with Gasteiger partial charge in [-0.2, -0.15) is 5.26 Å². The second kappa shape index (κ2) is 4.64. The maximum atomic E-state index is 10.4. The fourth-order valence-electron chi connectivity index (χ4n) is 1.15. The number of halogens is 1. The Morgan fingerprint density at radius 2 is 2.36 bits per heavy atom. The molecule has 0 amide bonds. The molecule has 0 saturated carbocycles. The van der Waals surface area contributed by atoms with Crippen molar-refractivity contribution in [2.24, 2.45) is 0 Å². The SMILES string of the molecule is COc1ccc(C#N)c(CC=O)c1Cl. The van der Waals surface area contributed by atoms with E-state index >= 15 is 0 Å². The van der Waals surface area contributed by atoms with Crippen molar-refractivity contribution in [1.29, 1.82) is 5.26 Å². The second-order valence-corrected chi connectivity index (χ2v) is 2.97. The molecule has 0 aromatic heterocycles. The van der Waals surface area contributed by atoms with Crippen LogP contribution in [0.15, 0.2) is 12.1 Å². The number of hydrogen-bond acceptors (Lipinski definition) is 3. The Hall–Kier alpha value is -1.53. The largest absolute Gasteiger partial charge is 0.495 e. The highest BCUT2D eigenvalue weighted by atomic mass is 35.5. The van der Waals surface area contributed by atoms with Crippen LogP contribution in [0, 0.1) is 11.3 Å². The summed E-state index contributed by atoms with van der Waals surface area (Å²) in [5, 5.41) is 9.10. The minimum atomic E-state index is 0.124. The number of carbonyl (C=O) groups excluding carboxylic acids is 1. The van der Waals surface area contributed by atoms with Crippen molar-refractivity contribution < 1.29 is 9.53 Å². The van der Waals surface area contributed by atoms with E-state index in [4.69, 9.17) is 21.6 Å². The predicted octanol–water partition coefficient (Wildman–Crippen LogP) is 1.96. The van der Waals surface area contributed by atoms with Gasteiger partial charge in [0.25, 0.3) is 0 Å². The van der Waals surface area contributed by atoms with E-state index in [2.05, 4.69) is 0 Å². The van der Waals surface area contributed by atoms with Crippen molar-refractivity contribution in [2.45, 2.75) is 6.42 Å². The lowest BCUT2D eigenvalue weighted by molar-refractivity contribution is -0.107. The van der Waals surface area contributed by atoms with Gasteiger partial charge in [-0.15, -0.1) is 0 Å². The zero-order chi connectivity index (χ0) is 10.6. The predicted molar refractivity (Wildman–Crippen MR) is 52.5 cm³/mol. The number of carbonyl (C=O) groups is 1. The van der Waals surface area contributed by atoms with Gasteiger partial charge in [0.15, 0.2) is 0 Å². The van der Waals surface area contributed by atoms with Gasteiger partial charge in [0.05, 0.1) is 23.8 Å². The van der Waals surface area contributed by atoms with Crippen LogP contribution in [0.3, 0.4) is 0 Å². The smallest absolute Gasteiger partial charge is 0.137 e. The highest BCUT2D eigenvalue weighted by molar-refractivity contribution is 6.33. The normalized spacial score (nSPS) is 9.21. The number of methoxy groups -OCH3 is 1. The quantitative estimate of drug-likeness (QED) is 0.715. The van der Waals surface area contributed by atoms with E-state index in [0.717, 1.165) is 0 Å². The molecule has 3 nitrogen and oxygen atoms in total. The second-order valence-electron chi connectivity index (χ2n) is 2.59. The first kappa shape index (κ1) is 10.6. The lowest BCUT2D eigenvalue weighted by Crippen LogP contribution is -1.95. The average Bonchev–Trinajstić information content (AvgIpc) is 2.21. The van der Waals surface area contributed by atoms with Crippen LogP contribution in [-0.4, -0.2) is 13.4 Å². The van der Waals surface area contributed by atoms with Gasteiger partial charge in [-0.3, -0.25) is 0 Å². The zero-order valence-electron chi connectivity index (χ0n) is 7.58. The number of nitrogens with zero attached hydrogens (tertiary/aromatic N) is 1. The number of nitriles is 1. The summed E-state index contributed by atoms with van der Waals surface area (Å²) in [5.41, 5.74) is 0.923.